The summed E-state index contributed by atoms with van der Waals surface area (Å²) in [4.78, 5) is 27.5. The standard InChI is InChI=1S/C12H14N2O4/c1-3-7-18-9-5-4-6-13-11(9)12(17)14(2)8-10(15)16/h3-6H,1,7-8H2,2H3,(H,15,16). The van der Waals surface area contributed by atoms with Gasteiger partial charge in [0, 0.05) is 13.2 Å². The van der Waals surface area contributed by atoms with Crippen molar-refractivity contribution in [2.75, 3.05) is 20.2 Å². The van der Waals surface area contributed by atoms with Gasteiger partial charge in [0.1, 0.15) is 13.2 Å². The number of rotatable bonds is 6. The number of carbonyl (C=O) groups is 2. The predicted molar refractivity (Wildman–Crippen MR) is 64.5 cm³/mol. The van der Waals surface area contributed by atoms with Crippen molar-refractivity contribution < 1.29 is 19.4 Å². The Labute approximate surface area is 105 Å². The molecule has 0 unspecified atom stereocenters. The first-order chi connectivity index (χ1) is 8.56. The van der Waals surface area contributed by atoms with E-state index in [4.69, 9.17) is 9.84 Å². The van der Waals surface area contributed by atoms with Crippen LogP contribution < -0.4 is 4.74 Å². The molecule has 0 fully saturated rings. The topological polar surface area (TPSA) is 79.7 Å². The summed E-state index contributed by atoms with van der Waals surface area (Å²) in [7, 11) is 1.39. The first-order valence-electron chi connectivity index (χ1n) is 5.22. The van der Waals surface area contributed by atoms with E-state index in [0.717, 1.165) is 4.90 Å². The summed E-state index contributed by atoms with van der Waals surface area (Å²) < 4.78 is 5.29. The average Bonchev–Trinajstić information content (AvgIpc) is 2.35. The van der Waals surface area contributed by atoms with Gasteiger partial charge in [0.15, 0.2) is 11.4 Å². The smallest absolute Gasteiger partial charge is 0.323 e. The van der Waals surface area contributed by atoms with E-state index in [0.29, 0.717) is 5.75 Å². The zero-order valence-corrected chi connectivity index (χ0v) is 10.00. The van der Waals surface area contributed by atoms with E-state index >= 15 is 0 Å². The maximum atomic E-state index is 12.0. The van der Waals surface area contributed by atoms with Crippen molar-refractivity contribution in [2.45, 2.75) is 0 Å². The summed E-state index contributed by atoms with van der Waals surface area (Å²) >= 11 is 0. The first kappa shape index (κ1) is 13.7. The molecule has 0 saturated carbocycles. The summed E-state index contributed by atoms with van der Waals surface area (Å²) in [6.07, 6.45) is 2.99. The Morgan fingerprint density at radius 1 is 1.61 bits per heavy atom. The highest BCUT2D eigenvalue weighted by atomic mass is 16.5. The van der Waals surface area contributed by atoms with Gasteiger partial charge in [-0.25, -0.2) is 4.98 Å². The van der Waals surface area contributed by atoms with Crippen LogP contribution in [-0.4, -0.2) is 47.1 Å². The lowest BCUT2D eigenvalue weighted by molar-refractivity contribution is -0.137. The summed E-state index contributed by atoms with van der Waals surface area (Å²) in [5.74, 6) is -1.29. The Morgan fingerprint density at radius 2 is 2.33 bits per heavy atom. The fourth-order valence-corrected chi connectivity index (χ4v) is 1.27. The molecule has 6 nitrogen and oxygen atoms in total. The quantitative estimate of drug-likeness (QED) is 0.755. The molecule has 0 bridgehead atoms. The van der Waals surface area contributed by atoms with Gasteiger partial charge in [-0.05, 0) is 12.1 Å². The third-order valence-corrected chi connectivity index (χ3v) is 2.05. The second kappa shape index (κ2) is 6.39. The highest BCUT2D eigenvalue weighted by Crippen LogP contribution is 2.16. The summed E-state index contributed by atoms with van der Waals surface area (Å²) in [5.41, 5.74) is 0.0862. The molecule has 0 aliphatic rings. The van der Waals surface area contributed by atoms with E-state index < -0.39 is 18.4 Å². The summed E-state index contributed by atoms with van der Waals surface area (Å²) in [5, 5.41) is 8.63. The molecule has 0 saturated heterocycles. The molecule has 0 spiro atoms. The van der Waals surface area contributed by atoms with E-state index in [1.165, 1.54) is 13.2 Å². The number of nitrogens with zero attached hydrogens (tertiary/aromatic N) is 2. The number of carboxylic acids is 1. The van der Waals surface area contributed by atoms with Crippen molar-refractivity contribution in [3.8, 4) is 5.75 Å². The van der Waals surface area contributed by atoms with Crippen LogP contribution in [0.25, 0.3) is 0 Å². The van der Waals surface area contributed by atoms with Crippen molar-refractivity contribution in [2.24, 2.45) is 0 Å². The number of hydrogen-bond acceptors (Lipinski definition) is 4. The number of amides is 1. The monoisotopic (exact) mass is 250 g/mol. The Kier molecular flexibility index (Phi) is 4.86. The Hall–Kier alpha value is -2.37. The third-order valence-electron chi connectivity index (χ3n) is 2.05. The first-order valence-corrected chi connectivity index (χ1v) is 5.22. The van der Waals surface area contributed by atoms with Crippen LogP contribution >= 0.6 is 0 Å². The van der Waals surface area contributed by atoms with Gasteiger partial charge in [-0.2, -0.15) is 0 Å². The van der Waals surface area contributed by atoms with Crippen molar-refractivity contribution >= 4 is 11.9 Å². The number of likely N-dealkylation sites (N-methyl/N-ethyl adjacent to an activating group) is 1. The fourth-order valence-electron chi connectivity index (χ4n) is 1.27. The van der Waals surface area contributed by atoms with Crippen LogP contribution in [0.5, 0.6) is 5.75 Å². The lowest BCUT2D eigenvalue weighted by atomic mass is 10.3. The minimum atomic E-state index is -1.09. The summed E-state index contributed by atoms with van der Waals surface area (Å²) in [6, 6.07) is 3.23. The second-order valence-corrected chi connectivity index (χ2v) is 3.50. The normalized spacial score (nSPS) is 9.61. The minimum absolute atomic E-state index is 0.0862. The SMILES string of the molecule is C=CCOc1cccnc1C(=O)N(C)CC(=O)O. The number of carboxylic acid groups (broad SMARTS) is 1. The van der Waals surface area contributed by atoms with Crippen LogP contribution in [0.4, 0.5) is 0 Å². The maximum absolute atomic E-state index is 12.0. The number of aromatic nitrogens is 1. The van der Waals surface area contributed by atoms with E-state index in [9.17, 15) is 9.59 Å². The number of aliphatic carboxylic acids is 1. The molecule has 1 aromatic heterocycles. The van der Waals surface area contributed by atoms with Gasteiger partial charge in [0.25, 0.3) is 5.91 Å². The molecule has 6 heteroatoms. The lowest BCUT2D eigenvalue weighted by Gasteiger charge is -2.15. The number of pyridine rings is 1. The minimum Gasteiger partial charge on any atom is -0.487 e. The van der Waals surface area contributed by atoms with Crippen LogP contribution in [0, 0.1) is 0 Å². The molecule has 96 valence electrons. The average molecular weight is 250 g/mol. The van der Waals surface area contributed by atoms with E-state index in [1.54, 1.807) is 18.2 Å². The molecule has 0 radical (unpaired) electrons. The molecule has 1 rings (SSSR count). The molecule has 1 amide bonds. The van der Waals surface area contributed by atoms with Crippen LogP contribution in [0.2, 0.25) is 0 Å². The summed E-state index contributed by atoms with van der Waals surface area (Å²) in [6.45, 7) is 3.36. The number of ether oxygens (including phenoxy) is 1. The van der Waals surface area contributed by atoms with Gasteiger partial charge in [0.05, 0.1) is 0 Å². The highest BCUT2D eigenvalue weighted by molar-refractivity contribution is 5.96. The Bertz CT molecular complexity index is 459. The highest BCUT2D eigenvalue weighted by Gasteiger charge is 2.19. The van der Waals surface area contributed by atoms with Crippen LogP contribution in [0.3, 0.4) is 0 Å². The van der Waals surface area contributed by atoms with Gasteiger partial charge in [0.2, 0.25) is 0 Å². The zero-order valence-electron chi connectivity index (χ0n) is 10.00. The van der Waals surface area contributed by atoms with Crippen molar-refractivity contribution in [1.29, 1.82) is 0 Å². The van der Waals surface area contributed by atoms with Gasteiger partial charge in [-0.3, -0.25) is 9.59 Å². The third kappa shape index (κ3) is 3.58. The van der Waals surface area contributed by atoms with Gasteiger partial charge >= 0.3 is 5.97 Å². The van der Waals surface area contributed by atoms with Crippen molar-refractivity contribution in [1.82, 2.24) is 9.88 Å². The van der Waals surface area contributed by atoms with Crippen LogP contribution in [0.1, 0.15) is 10.5 Å². The lowest BCUT2D eigenvalue weighted by Crippen LogP contribution is -2.32. The van der Waals surface area contributed by atoms with Crippen LogP contribution in [0.15, 0.2) is 31.0 Å². The Balaban J connectivity index is 2.90. The molecule has 1 heterocycles. The maximum Gasteiger partial charge on any atom is 0.323 e. The fraction of sp³-hybridized carbons (Fsp3) is 0.250. The van der Waals surface area contributed by atoms with E-state index in [2.05, 4.69) is 11.6 Å². The van der Waals surface area contributed by atoms with Gasteiger partial charge in [-0.15, -0.1) is 0 Å². The molecule has 0 aliphatic carbocycles. The molecule has 18 heavy (non-hydrogen) atoms. The van der Waals surface area contributed by atoms with E-state index in [1.807, 2.05) is 0 Å². The van der Waals surface area contributed by atoms with E-state index in [-0.39, 0.29) is 12.3 Å². The molecule has 1 aromatic rings. The number of hydrogen-bond donors (Lipinski definition) is 1. The van der Waals surface area contributed by atoms with Gasteiger partial charge in [-0.1, -0.05) is 12.7 Å². The molecule has 0 aliphatic heterocycles. The van der Waals surface area contributed by atoms with Crippen molar-refractivity contribution in [3.63, 3.8) is 0 Å². The van der Waals surface area contributed by atoms with Crippen LogP contribution in [-0.2, 0) is 4.79 Å². The molecule has 0 aromatic carbocycles. The largest absolute Gasteiger partial charge is 0.487 e. The Morgan fingerprint density at radius 3 is 2.94 bits per heavy atom. The molecule has 0 atom stereocenters. The molecular weight excluding hydrogens is 236 g/mol. The van der Waals surface area contributed by atoms with Crippen molar-refractivity contribution in [3.05, 3.63) is 36.7 Å². The predicted octanol–water partition coefficient (Wildman–Crippen LogP) is 0.803. The number of carbonyl (C=O) groups excluding carboxylic acids is 1. The van der Waals surface area contributed by atoms with Gasteiger partial charge < -0.3 is 14.7 Å². The second-order valence-electron chi connectivity index (χ2n) is 3.50. The zero-order chi connectivity index (χ0) is 13.5. The molecular formula is C12H14N2O4. The molecule has 1 N–H and O–H groups in total.